The third-order valence-corrected chi connectivity index (χ3v) is 5.96. The monoisotopic (exact) mass is 376 g/mol. The Morgan fingerprint density at radius 1 is 1.15 bits per heavy atom. The van der Waals surface area contributed by atoms with Gasteiger partial charge in [0.1, 0.15) is 0 Å². The van der Waals surface area contributed by atoms with E-state index in [1.807, 2.05) is 4.90 Å². The summed E-state index contributed by atoms with van der Waals surface area (Å²) in [5, 5.41) is 0. The average molecular weight is 376 g/mol. The van der Waals surface area contributed by atoms with Gasteiger partial charge in [-0.15, -0.1) is 0 Å². The molecule has 0 spiro atoms. The van der Waals surface area contributed by atoms with Gasteiger partial charge in [0, 0.05) is 44.1 Å². The Balaban J connectivity index is 1.67. The molecule has 2 heterocycles. The van der Waals surface area contributed by atoms with Crippen molar-refractivity contribution >= 4 is 15.9 Å². The molecule has 0 unspecified atom stereocenters. The van der Waals surface area contributed by atoms with E-state index in [9.17, 15) is 13.2 Å². The third-order valence-electron chi connectivity index (χ3n) is 4.51. The van der Waals surface area contributed by atoms with E-state index in [-0.39, 0.29) is 17.3 Å². The van der Waals surface area contributed by atoms with Gasteiger partial charge in [-0.3, -0.25) is 4.79 Å². The zero-order valence-corrected chi connectivity index (χ0v) is 15.5. The molecule has 0 bridgehead atoms. The van der Waals surface area contributed by atoms with E-state index < -0.39 is 10.0 Å². The number of hydrogen-bond donors (Lipinski definition) is 1. The van der Waals surface area contributed by atoms with Crippen molar-refractivity contribution in [3.05, 3.63) is 48.5 Å². The standard InChI is InChI=1S/C18H24N4O3S/c23-18(22-10-3-1-2-4-11-22)16-6-5-7-17(14-16)26(24,25)20-9-13-21-12-8-19-15-21/h5-8,12,14-15,20H,1-4,9-11,13H2. The minimum Gasteiger partial charge on any atom is -0.339 e. The van der Waals surface area contributed by atoms with Crippen LogP contribution >= 0.6 is 0 Å². The quantitative estimate of drug-likeness (QED) is 0.834. The van der Waals surface area contributed by atoms with Crippen LogP contribution < -0.4 is 4.72 Å². The Kier molecular flexibility index (Phi) is 6.05. The number of rotatable bonds is 6. The number of hydrogen-bond acceptors (Lipinski definition) is 4. The Morgan fingerprint density at radius 3 is 2.62 bits per heavy atom. The highest BCUT2D eigenvalue weighted by atomic mass is 32.2. The number of carbonyl (C=O) groups is 1. The van der Waals surface area contributed by atoms with E-state index in [1.165, 1.54) is 12.1 Å². The van der Waals surface area contributed by atoms with Gasteiger partial charge in [-0.1, -0.05) is 18.9 Å². The van der Waals surface area contributed by atoms with Crippen LogP contribution in [0.3, 0.4) is 0 Å². The Morgan fingerprint density at radius 2 is 1.92 bits per heavy atom. The molecule has 3 rings (SSSR count). The van der Waals surface area contributed by atoms with Gasteiger partial charge in [0.05, 0.1) is 11.2 Å². The summed E-state index contributed by atoms with van der Waals surface area (Å²) in [5.41, 5.74) is 0.421. The van der Waals surface area contributed by atoms with Gasteiger partial charge >= 0.3 is 0 Å². The molecular formula is C18H24N4O3S. The minimum absolute atomic E-state index is 0.0950. The number of imidazole rings is 1. The summed E-state index contributed by atoms with van der Waals surface area (Å²) in [6, 6.07) is 6.28. The summed E-state index contributed by atoms with van der Waals surface area (Å²) >= 11 is 0. The highest BCUT2D eigenvalue weighted by molar-refractivity contribution is 7.89. The molecule has 0 aliphatic carbocycles. The molecule has 1 saturated heterocycles. The van der Waals surface area contributed by atoms with Crippen molar-refractivity contribution in [2.45, 2.75) is 37.1 Å². The van der Waals surface area contributed by atoms with E-state index in [0.29, 0.717) is 12.1 Å². The van der Waals surface area contributed by atoms with Gasteiger partial charge in [0.25, 0.3) is 5.91 Å². The van der Waals surface area contributed by atoms with Gasteiger partial charge in [-0.05, 0) is 31.0 Å². The number of sulfonamides is 1. The zero-order chi connectivity index (χ0) is 18.4. The maximum absolute atomic E-state index is 12.7. The van der Waals surface area contributed by atoms with Gasteiger partial charge in [0.2, 0.25) is 10.0 Å². The summed E-state index contributed by atoms with van der Waals surface area (Å²) < 4.78 is 29.4. The minimum atomic E-state index is -3.66. The summed E-state index contributed by atoms with van der Waals surface area (Å²) in [5.74, 6) is -0.0950. The summed E-state index contributed by atoms with van der Waals surface area (Å²) in [6.07, 6.45) is 9.33. The predicted octanol–water partition coefficient (Wildman–Crippen LogP) is 1.88. The van der Waals surface area contributed by atoms with E-state index in [1.54, 1.807) is 35.4 Å². The van der Waals surface area contributed by atoms with E-state index in [2.05, 4.69) is 9.71 Å². The number of likely N-dealkylation sites (tertiary alicyclic amines) is 1. The number of amides is 1. The molecule has 1 N–H and O–H groups in total. The molecule has 1 aliphatic rings. The van der Waals surface area contributed by atoms with Crippen LogP contribution in [0.15, 0.2) is 47.9 Å². The molecule has 2 aromatic rings. The van der Waals surface area contributed by atoms with Crippen molar-refractivity contribution in [2.75, 3.05) is 19.6 Å². The molecule has 7 nitrogen and oxygen atoms in total. The number of benzene rings is 1. The first-order valence-corrected chi connectivity index (χ1v) is 10.4. The molecular weight excluding hydrogens is 352 g/mol. The Bertz CT molecular complexity index is 826. The molecule has 26 heavy (non-hydrogen) atoms. The molecule has 1 amide bonds. The fourth-order valence-corrected chi connectivity index (χ4v) is 4.13. The highest BCUT2D eigenvalue weighted by Crippen LogP contribution is 2.16. The second kappa shape index (κ2) is 8.46. The topological polar surface area (TPSA) is 84.3 Å². The normalized spacial score (nSPS) is 15.6. The van der Waals surface area contributed by atoms with E-state index >= 15 is 0 Å². The molecule has 1 aromatic heterocycles. The Labute approximate surface area is 154 Å². The third kappa shape index (κ3) is 4.70. The molecule has 0 radical (unpaired) electrons. The van der Waals surface area contributed by atoms with Crippen molar-refractivity contribution in [2.24, 2.45) is 0 Å². The number of aromatic nitrogens is 2. The lowest BCUT2D eigenvalue weighted by Gasteiger charge is -2.20. The summed E-state index contributed by atoms with van der Waals surface area (Å²) in [6.45, 7) is 2.21. The first kappa shape index (κ1) is 18.6. The van der Waals surface area contributed by atoms with Crippen LogP contribution in [0.25, 0.3) is 0 Å². The van der Waals surface area contributed by atoms with Crippen LogP contribution in [0.1, 0.15) is 36.0 Å². The lowest BCUT2D eigenvalue weighted by molar-refractivity contribution is 0.0761. The summed E-state index contributed by atoms with van der Waals surface area (Å²) in [7, 11) is -3.66. The maximum Gasteiger partial charge on any atom is 0.253 e. The second-order valence-corrected chi connectivity index (χ2v) is 8.20. The molecule has 0 saturated carbocycles. The van der Waals surface area contributed by atoms with Gasteiger partial charge in [0.15, 0.2) is 0 Å². The smallest absolute Gasteiger partial charge is 0.253 e. The highest BCUT2D eigenvalue weighted by Gasteiger charge is 2.20. The number of nitrogens with one attached hydrogen (secondary N) is 1. The lowest BCUT2D eigenvalue weighted by Crippen LogP contribution is -2.32. The van der Waals surface area contributed by atoms with Crippen LogP contribution in [0, 0.1) is 0 Å². The van der Waals surface area contributed by atoms with Crippen molar-refractivity contribution in [3.63, 3.8) is 0 Å². The van der Waals surface area contributed by atoms with E-state index in [0.717, 1.165) is 38.8 Å². The van der Waals surface area contributed by atoms with Crippen LogP contribution in [0.5, 0.6) is 0 Å². The number of nitrogens with zero attached hydrogens (tertiary/aromatic N) is 3. The van der Waals surface area contributed by atoms with Crippen molar-refractivity contribution < 1.29 is 13.2 Å². The van der Waals surface area contributed by atoms with Crippen molar-refractivity contribution in [3.8, 4) is 0 Å². The molecule has 0 atom stereocenters. The van der Waals surface area contributed by atoms with E-state index in [4.69, 9.17) is 0 Å². The molecule has 1 aliphatic heterocycles. The van der Waals surface area contributed by atoms with Crippen molar-refractivity contribution in [1.82, 2.24) is 19.2 Å². The molecule has 8 heteroatoms. The maximum atomic E-state index is 12.7. The second-order valence-electron chi connectivity index (χ2n) is 6.43. The largest absolute Gasteiger partial charge is 0.339 e. The SMILES string of the molecule is O=C(c1cccc(S(=O)(=O)NCCn2ccnc2)c1)N1CCCCCC1. The first-order valence-electron chi connectivity index (χ1n) is 8.91. The lowest BCUT2D eigenvalue weighted by atomic mass is 10.2. The number of carbonyl (C=O) groups excluding carboxylic acids is 1. The van der Waals surface area contributed by atoms with Crippen molar-refractivity contribution in [1.29, 1.82) is 0 Å². The Hall–Kier alpha value is -2.19. The van der Waals surface area contributed by atoms with Crippen LogP contribution in [-0.4, -0.2) is 48.4 Å². The molecule has 1 aromatic carbocycles. The van der Waals surface area contributed by atoms with Crippen LogP contribution in [-0.2, 0) is 16.6 Å². The van der Waals surface area contributed by atoms with Crippen LogP contribution in [0.2, 0.25) is 0 Å². The van der Waals surface area contributed by atoms with Gasteiger partial charge in [-0.2, -0.15) is 0 Å². The van der Waals surface area contributed by atoms with Gasteiger partial charge < -0.3 is 9.47 Å². The summed E-state index contributed by atoms with van der Waals surface area (Å²) in [4.78, 5) is 18.6. The zero-order valence-electron chi connectivity index (χ0n) is 14.7. The van der Waals surface area contributed by atoms with Crippen LogP contribution in [0.4, 0.5) is 0 Å². The fraction of sp³-hybridized carbons (Fsp3) is 0.444. The fourth-order valence-electron chi connectivity index (χ4n) is 3.06. The average Bonchev–Trinajstić information content (AvgIpc) is 3.01. The van der Waals surface area contributed by atoms with Gasteiger partial charge in [-0.25, -0.2) is 18.1 Å². The predicted molar refractivity (Wildman–Crippen MR) is 98.2 cm³/mol. The molecule has 1 fully saturated rings. The molecule has 140 valence electrons. The first-order chi connectivity index (χ1) is 12.6.